The number of aryl methyl sites for hydroxylation is 2. The molecule has 192 valence electrons. The zero-order chi connectivity index (χ0) is 25.5. The number of hydrogen-bond donors (Lipinski definition) is 2. The van der Waals surface area contributed by atoms with E-state index in [4.69, 9.17) is 9.47 Å². The fourth-order valence-corrected chi connectivity index (χ4v) is 5.13. The van der Waals surface area contributed by atoms with Gasteiger partial charge in [0.1, 0.15) is 5.75 Å². The number of methoxy groups -OCH3 is 2. The van der Waals surface area contributed by atoms with Crippen molar-refractivity contribution in [3.8, 4) is 17.2 Å². The Balaban J connectivity index is 1.42. The lowest BCUT2D eigenvalue weighted by molar-refractivity contribution is 0.354. The molecular weight excluding hydrogens is 448 g/mol. The summed E-state index contributed by atoms with van der Waals surface area (Å²) >= 11 is 0. The maximum absolute atomic E-state index is 9.86. The number of aromatic hydroxyl groups is 1. The molecule has 0 heterocycles. The summed E-state index contributed by atoms with van der Waals surface area (Å²) in [5, 5.41) is 13.6. The number of nitrogens with zero attached hydrogens (tertiary/aromatic N) is 1. The molecule has 0 bridgehead atoms. The van der Waals surface area contributed by atoms with Gasteiger partial charge in [-0.2, -0.15) is 0 Å². The number of rotatable bonds is 11. The second-order valence-electron chi connectivity index (χ2n) is 10.1. The van der Waals surface area contributed by atoms with Gasteiger partial charge in [0.15, 0.2) is 11.5 Å². The van der Waals surface area contributed by atoms with Gasteiger partial charge < -0.3 is 24.8 Å². The topological polar surface area (TPSA) is 54.0 Å². The third-order valence-electron chi connectivity index (χ3n) is 7.24. The van der Waals surface area contributed by atoms with E-state index in [1.165, 1.54) is 27.8 Å². The number of likely N-dealkylation sites (N-methyl/N-ethyl adjacent to an activating group) is 1. The zero-order valence-corrected chi connectivity index (χ0v) is 22.1. The van der Waals surface area contributed by atoms with Crippen LogP contribution in [0.5, 0.6) is 17.2 Å². The average molecular weight is 489 g/mol. The molecule has 0 saturated carbocycles. The van der Waals surface area contributed by atoms with Crippen molar-refractivity contribution in [2.75, 3.05) is 46.7 Å². The predicted octanol–water partition coefficient (Wildman–Crippen LogP) is 5.83. The summed E-state index contributed by atoms with van der Waals surface area (Å²) in [6, 6.07) is 19.1. The third-order valence-corrected chi connectivity index (χ3v) is 7.24. The van der Waals surface area contributed by atoms with Crippen molar-refractivity contribution in [3.05, 3.63) is 82.4 Å². The summed E-state index contributed by atoms with van der Waals surface area (Å²) in [7, 11) is 7.61. The predicted molar refractivity (Wildman–Crippen MR) is 148 cm³/mol. The summed E-state index contributed by atoms with van der Waals surface area (Å²) in [5.41, 5.74) is 7.75. The molecule has 0 amide bonds. The van der Waals surface area contributed by atoms with Crippen molar-refractivity contribution in [1.29, 1.82) is 0 Å². The van der Waals surface area contributed by atoms with E-state index in [-0.39, 0.29) is 0 Å². The minimum absolute atomic E-state index is 0.351. The number of phenols is 1. The molecule has 36 heavy (non-hydrogen) atoms. The van der Waals surface area contributed by atoms with Gasteiger partial charge in [-0.3, -0.25) is 0 Å². The van der Waals surface area contributed by atoms with Crippen LogP contribution in [0.3, 0.4) is 0 Å². The van der Waals surface area contributed by atoms with E-state index in [1.807, 2.05) is 6.07 Å². The minimum Gasteiger partial charge on any atom is -0.508 e. The summed E-state index contributed by atoms with van der Waals surface area (Å²) in [4.78, 5) is 2.22. The van der Waals surface area contributed by atoms with Gasteiger partial charge in [0.2, 0.25) is 0 Å². The number of ether oxygens (including phenoxy) is 2. The summed E-state index contributed by atoms with van der Waals surface area (Å²) in [6.07, 6.45) is 6.15. The molecule has 0 aliphatic heterocycles. The molecule has 2 N–H and O–H groups in total. The van der Waals surface area contributed by atoms with Crippen molar-refractivity contribution < 1.29 is 14.6 Å². The van der Waals surface area contributed by atoms with E-state index < -0.39 is 0 Å². The van der Waals surface area contributed by atoms with Gasteiger partial charge in [-0.05, 0) is 105 Å². The lowest BCUT2D eigenvalue weighted by atomic mass is 9.79. The monoisotopic (exact) mass is 488 g/mol. The molecule has 3 aromatic rings. The van der Waals surface area contributed by atoms with Crippen LogP contribution < -0.4 is 14.8 Å². The zero-order valence-electron chi connectivity index (χ0n) is 22.1. The first-order chi connectivity index (χ1) is 17.5. The lowest BCUT2D eigenvalue weighted by Gasteiger charge is -2.28. The summed E-state index contributed by atoms with van der Waals surface area (Å²) in [6.45, 7) is 1.97. The first-order valence-corrected chi connectivity index (χ1v) is 13.0. The van der Waals surface area contributed by atoms with Crippen LogP contribution >= 0.6 is 0 Å². The molecule has 0 saturated heterocycles. The highest BCUT2D eigenvalue weighted by Crippen LogP contribution is 2.42. The Morgan fingerprint density at radius 1 is 0.889 bits per heavy atom. The summed E-state index contributed by atoms with van der Waals surface area (Å²) in [5.74, 6) is 2.25. The quantitative estimate of drug-likeness (QED) is 0.333. The van der Waals surface area contributed by atoms with Gasteiger partial charge in [-0.25, -0.2) is 0 Å². The number of hydrogen-bond acceptors (Lipinski definition) is 5. The van der Waals surface area contributed by atoms with Gasteiger partial charge >= 0.3 is 0 Å². The van der Waals surface area contributed by atoms with E-state index in [1.54, 1.807) is 20.3 Å². The number of anilines is 1. The number of benzene rings is 3. The minimum atomic E-state index is 0.351. The van der Waals surface area contributed by atoms with Crippen LogP contribution in [0.4, 0.5) is 5.69 Å². The molecule has 0 fully saturated rings. The average Bonchev–Trinajstić information content (AvgIpc) is 2.89. The molecule has 0 aromatic heterocycles. The fraction of sp³-hybridized carbons (Fsp3) is 0.419. The van der Waals surface area contributed by atoms with Crippen LogP contribution in [0.15, 0.2) is 54.6 Å². The Bertz CT molecular complexity index is 1140. The molecule has 0 radical (unpaired) electrons. The second kappa shape index (κ2) is 12.2. The smallest absolute Gasteiger partial charge is 0.162 e. The second-order valence-corrected chi connectivity index (χ2v) is 10.1. The first kappa shape index (κ1) is 25.9. The van der Waals surface area contributed by atoms with Gasteiger partial charge in [0, 0.05) is 24.8 Å². The molecular formula is C31H40N2O3. The third kappa shape index (κ3) is 6.52. The van der Waals surface area contributed by atoms with Crippen LogP contribution in [0.1, 0.15) is 46.6 Å². The van der Waals surface area contributed by atoms with E-state index in [0.717, 1.165) is 68.8 Å². The highest BCUT2D eigenvalue weighted by molar-refractivity contribution is 5.62. The molecule has 5 nitrogen and oxygen atoms in total. The number of phenolic OH excluding ortho intramolecular Hbond substituents is 1. The van der Waals surface area contributed by atoms with E-state index in [2.05, 4.69) is 66.8 Å². The molecule has 5 heteroatoms. The van der Waals surface area contributed by atoms with Crippen molar-refractivity contribution in [2.45, 2.75) is 44.4 Å². The Morgan fingerprint density at radius 2 is 1.58 bits per heavy atom. The van der Waals surface area contributed by atoms with Gasteiger partial charge in [-0.15, -0.1) is 0 Å². The fourth-order valence-electron chi connectivity index (χ4n) is 5.13. The van der Waals surface area contributed by atoms with E-state index >= 15 is 0 Å². The SMILES string of the molecule is COc1cc(NCCCc2ccc(CCN(C)C)cc2)c([C@@H]2CCc3cc(O)ccc3C2)cc1OC. The van der Waals surface area contributed by atoms with Crippen molar-refractivity contribution >= 4 is 5.69 Å². The van der Waals surface area contributed by atoms with E-state index in [9.17, 15) is 5.11 Å². The summed E-state index contributed by atoms with van der Waals surface area (Å²) < 4.78 is 11.3. The highest BCUT2D eigenvalue weighted by Gasteiger charge is 2.24. The Kier molecular flexibility index (Phi) is 8.76. The molecule has 3 aromatic carbocycles. The van der Waals surface area contributed by atoms with Crippen LogP contribution in [0.25, 0.3) is 0 Å². The first-order valence-electron chi connectivity index (χ1n) is 13.0. The highest BCUT2D eigenvalue weighted by atomic mass is 16.5. The Labute approximate surface area is 216 Å². The van der Waals surface area contributed by atoms with Crippen LogP contribution in [-0.2, 0) is 25.7 Å². The van der Waals surface area contributed by atoms with Gasteiger partial charge in [0.05, 0.1) is 14.2 Å². The largest absolute Gasteiger partial charge is 0.508 e. The molecule has 0 unspecified atom stereocenters. The van der Waals surface area contributed by atoms with E-state index in [0.29, 0.717) is 11.7 Å². The number of fused-ring (bicyclic) bond motifs is 1. The molecule has 0 spiro atoms. The molecule has 1 aliphatic rings. The van der Waals surface area contributed by atoms with Crippen molar-refractivity contribution in [1.82, 2.24) is 4.90 Å². The maximum atomic E-state index is 9.86. The van der Waals surface area contributed by atoms with Gasteiger partial charge in [0.25, 0.3) is 0 Å². The van der Waals surface area contributed by atoms with Gasteiger partial charge in [-0.1, -0.05) is 30.3 Å². The molecule has 1 aliphatic carbocycles. The van der Waals surface area contributed by atoms with Crippen molar-refractivity contribution in [3.63, 3.8) is 0 Å². The Morgan fingerprint density at radius 3 is 2.28 bits per heavy atom. The molecule has 1 atom stereocenters. The maximum Gasteiger partial charge on any atom is 0.162 e. The normalized spacial score (nSPS) is 15.0. The van der Waals surface area contributed by atoms with Crippen LogP contribution in [-0.4, -0.2) is 51.4 Å². The standard InChI is InChI=1S/C31H40N2O3/c1-33(2)17-15-23-9-7-22(8-10-23)6-5-16-32-29-21-31(36-4)30(35-3)20-28(29)26-12-11-25-19-27(34)14-13-24(25)18-26/h7-10,13-14,19-21,26,32,34H,5-6,11-12,15-18H2,1-4H3/t26-/m1/s1. The van der Waals surface area contributed by atoms with Crippen molar-refractivity contribution in [2.24, 2.45) is 0 Å². The lowest BCUT2D eigenvalue weighted by Crippen LogP contribution is -2.15. The number of nitrogens with one attached hydrogen (secondary N) is 1. The van der Waals surface area contributed by atoms with Crippen LogP contribution in [0.2, 0.25) is 0 Å². The Hall–Kier alpha value is -3.18. The molecule has 4 rings (SSSR count). The van der Waals surface area contributed by atoms with Crippen LogP contribution in [0, 0.1) is 0 Å².